The highest BCUT2D eigenvalue weighted by Crippen LogP contribution is 2.30. The van der Waals surface area contributed by atoms with Crippen LogP contribution >= 0.6 is 23.1 Å². The molecule has 0 saturated heterocycles. The number of aromatic hydroxyl groups is 1. The summed E-state index contributed by atoms with van der Waals surface area (Å²) in [5, 5.41) is 14.7. The summed E-state index contributed by atoms with van der Waals surface area (Å²) in [6.45, 7) is 3.85. The number of aromatic nitrogens is 2. The quantitative estimate of drug-likeness (QED) is 0.301. The van der Waals surface area contributed by atoms with E-state index >= 15 is 0 Å². The summed E-state index contributed by atoms with van der Waals surface area (Å²) in [5.41, 5.74) is 2.85. The van der Waals surface area contributed by atoms with Crippen LogP contribution in [0.15, 0.2) is 64.8 Å². The van der Waals surface area contributed by atoms with Crippen molar-refractivity contribution in [2.45, 2.75) is 43.7 Å². The van der Waals surface area contributed by atoms with Gasteiger partial charge in [-0.05, 0) is 49.9 Å². The van der Waals surface area contributed by atoms with Crippen molar-refractivity contribution in [1.29, 1.82) is 0 Å². The fourth-order valence-corrected chi connectivity index (χ4v) is 5.38. The predicted molar refractivity (Wildman–Crippen MR) is 140 cm³/mol. The molecule has 2 aromatic heterocycles. The van der Waals surface area contributed by atoms with E-state index in [-0.39, 0.29) is 28.5 Å². The second-order valence-electron chi connectivity index (χ2n) is 8.28. The zero-order valence-corrected chi connectivity index (χ0v) is 20.7. The minimum atomic E-state index is -0.277. The zero-order valence-electron chi connectivity index (χ0n) is 19.1. The molecule has 4 aromatic rings. The van der Waals surface area contributed by atoms with E-state index in [1.165, 1.54) is 23.1 Å². The summed E-state index contributed by atoms with van der Waals surface area (Å²) >= 11 is 2.91. The number of nitrogens with one attached hydrogen (secondary N) is 2. The van der Waals surface area contributed by atoms with Gasteiger partial charge in [-0.1, -0.05) is 42.5 Å². The molecule has 4 rings (SSSR count). The van der Waals surface area contributed by atoms with Crippen LogP contribution in [0.4, 0.5) is 0 Å². The Morgan fingerprint density at radius 2 is 1.88 bits per heavy atom. The Kier molecular flexibility index (Phi) is 7.70. The van der Waals surface area contributed by atoms with Crippen molar-refractivity contribution in [3.05, 3.63) is 81.7 Å². The molecule has 2 aromatic carbocycles. The molecule has 0 unspecified atom stereocenters. The summed E-state index contributed by atoms with van der Waals surface area (Å²) in [5.74, 6) is 1.24. The normalized spacial score (nSPS) is 13.0. The molecular weight excluding hydrogens is 466 g/mol. The van der Waals surface area contributed by atoms with E-state index in [9.17, 15) is 14.7 Å². The Labute approximate surface area is 206 Å². The molecule has 1 amide bonds. The molecule has 0 aliphatic heterocycles. The number of phenolic OH excluding ortho intramolecular Hbond substituents is 1. The van der Waals surface area contributed by atoms with Gasteiger partial charge in [0, 0.05) is 17.0 Å². The highest BCUT2D eigenvalue weighted by atomic mass is 32.2. The number of carbonyl (C=O) groups excluding carboxylic acids is 1. The maximum Gasteiger partial charge on any atom is 0.260 e. The SMILES string of the molecule is C[C@H](CCc1ccc(O)cc1)NC(=O)[C@H](C)SCc1nc2scc(-c3ccccc3)c2c(=O)[nH]1. The number of carbonyl (C=O) groups is 1. The number of aryl methyl sites for hydroxylation is 1. The number of H-pyrrole nitrogens is 1. The van der Waals surface area contributed by atoms with Crippen molar-refractivity contribution in [1.82, 2.24) is 15.3 Å². The van der Waals surface area contributed by atoms with Crippen LogP contribution in [0.2, 0.25) is 0 Å². The molecular formula is C26H27N3O3S2. The van der Waals surface area contributed by atoms with Crippen LogP contribution in [0.25, 0.3) is 21.3 Å². The number of fused-ring (bicyclic) bond motifs is 1. The Balaban J connectivity index is 1.32. The van der Waals surface area contributed by atoms with Gasteiger partial charge in [0.15, 0.2) is 0 Å². The van der Waals surface area contributed by atoms with E-state index in [1.807, 2.05) is 61.7 Å². The number of aromatic amines is 1. The van der Waals surface area contributed by atoms with Gasteiger partial charge >= 0.3 is 0 Å². The van der Waals surface area contributed by atoms with Gasteiger partial charge in [0.25, 0.3) is 5.56 Å². The van der Waals surface area contributed by atoms with Crippen LogP contribution < -0.4 is 10.9 Å². The van der Waals surface area contributed by atoms with Crippen LogP contribution in [0, 0.1) is 0 Å². The Hall–Kier alpha value is -3.10. The average molecular weight is 494 g/mol. The topological polar surface area (TPSA) is 95.1 Å². The third-order valence-electron chi connectivity index (χ3n) is 5.61. The van der Waals surface area contributed by atoms with Crippen LogP contribution in [0.5, 0.6) is 5.75 Å². The minimum absolute atomic E-state index is 0.0289. The van der Waals surface area contributed by atoms with Gasteiger partial charge in [0.05, 0.1) is 16.4 Å². The fraction of sp³-hybridized carbons (Fsp3) is 0.269. The number of thiophene rings is 1. The number of rotatable bonds is 9. The molecule has 176 valence electrons. The van der Waals surface area contributed by atoms with Crippen molar-refractivity contribution in [3.8, 4) is 16.9 Å². The summed E-state index contributed by atoms with van der Waals surface area (Å²) in [6.07, 6.45) is 1.63. The van der Waals surface area contributed by atoms with Crippen molar-refractivity contribution in [3.63, 3.8) is 0 Å². The van der Waals surface area contributed by atoms with Gasteiger partial charge in [-0.3, -0.25) is 9.59 Å². The highest BCUT2D eigenvalue weighted by Gasteiger charge is 2.18. The first kappa shape index (κ1) is 24.0. The molecule has 0 spiro atoms. The van der Waals surface area contributed by atoms with E-state index in [4.69, 9.17) is 0 Å². The van der Waals surface area contributed by atoms with Crippen LogP contribution in [0.1, 0.15) is 31.7 Å². The lowest BCUT2D eigenvalue weighted by Gasteiger charge is -2.17. The molecule has 8 heteroatoms. The first-order valence-electron chi connectivity index (χ1n) is 11.2. The van der Waals surface area contributed by atoms with Gasteiger partial charge in [0.1, 0.15) is 16.4 Å². The molecule has 3 N–H and O–H groups in total. The molecule has 0 fully saturated rings. The lowest BCUT2D eigenvalue weighted by Crippen LogP contribution is -2.38. The van der Waals surface area contributed by atoms with E-state index in [2.05, 4.69) is 15.3 Å². The van der Waals surface area contributed by atoms with Gasteiger partial charge < -0.3 is 15.4 Å². The Morgan fingerprint density at radius 1 is 1.15 bits per heavy atom. The Bertz CT molecular complexity index is 1320. The maximum absolute atomic E-state index is 12.8. The van der Waals surface area contributed by atoms with Crippen LogP contribution in [-0.2, 0) is 17.0 Å². The lowest BCUT2D eigenvalue weighted by atomic mass is 10.1. The summed E-state index contributed by atoms with van der Waals surface area (Å²) < 4.78 is 0. The fourth-order valence-electron chi connectivity index (χ4n) is 3.65. The van der Waals surface area contributed by atoms with E-state index in [0.717, 1.165) is 29.5 Å². The molecule has 0 saturated carbocycles. The second-order valence-corrected chi connectivity index (χ2v) is 10.5. The third kappa shape index (κ3) is 5.87. The van der Waals surface area contributed by atoms with Crippen molar-refractivity contribution in [2.75, 3.05) is 0 Å². The summed E-state index contributed by atoms with van der Waals surface area (Å²) in [4.78, 5) is 33.6. The molecule has 34 heavy (non-hydrogen) atoms. The predicted octanol–water partition coefficient (Wildman–Crippen LogP) is 5.12. The largest absolute Gasteiger partial charge is 0.508 e. The monoisotopic (exact) mass is 493 g/mol. The number of nitrogens with zero attached hydrogens (tertiary/aromatic N) is 1. The van der Waals surface area contributed by atoms with E-state index in [0.29, 0.717) is 21.8 Å². The van der Waals surface area contributed by atoms with Crippen LogP contribution in [-0.4, -0.2) is 32.3 Å². The van der Waals surface area contributed by atoms with E-state index in [1.54, 1.807) is 12.1 Å². The maximum atomic E-state index is 12.8. The van der Waals surface area contributed by atoms with Gasteiger partial charge in [-0.25, -0.2) is 4.98 Å². The number of hydrogen-bond acceptors (Lipinski definition) is 6. The van der Waals surface area contributed by atoms with Gasteiger partial charge in [0.2, 0.25) is 5.91 Å². The smallest absolute Gasteiger partial charge is 0.260 e. The second kappa shape index (κ2) is 10.9. The minimum Gasteiger partial charge on any atom is -0.508 e. The van der Waals surface area contributed by atoms with Gasteiger partial charge in [-0.2, -0.15) is 0 Å². The van der Waals surface area contributed by atoms with Crippen LogP contribution in [0.3, 0.4) is 0 Å². The third-order valence-corrected chi connectivity index (χ3v) is 7.63. The summed E-state index contributed by atoms with van der Waals surface area (Å²) in [6, 6.07) is 17.0. The number of amides is 1. The van der Waals surface area contributed by atoms with Gasteiger partial charge in [-0.15, -0.1) is 23.1 Å². The molecule has 0 aliphatic carbocycles. The number of benzene rings is 2. The first-order valence-corrected chi connectivity index (χ1v) is 13.1. The van der Waals surface area contributed by atoms with Crippen molar-refractivity contribution in [2.24, 2.45) is 0 Å². The van der Waals surface area contributed by atoms with E-state index < -0.39 is 0 Å². The molecule has 6 nitrogen and oxygen atoms in total. The van der Waals surface area contributed by atoms with Crippen molar-refractivity contribution >= 4 is 39.2 Å². The molecule has 2 heterocycles. The highest BCUT2D eigenvalue weighted by molar-refractivity contribution is 7.99. The first-order chi connectivity index (χ1) is 16.4. The number of thioether (sulfide) groups is 1. The molecule has 2 atom stereocenters. The lowest BCUT2D eigenvalue weighted by molar-refractivity contribution is -0.120. The average Bonchev–Trinajstić information content (AvgIpc) is 3.27. The Morgan fingerprint density at radius 3 is 2.62 bits per heavy atom. The summed E-state index contributed by atoms with van der Waals surface area (Å²) in [7, 11) is 0. The standard InChI is InChI=1S/C26H27N3O3S2/c1-16(8-9-18-10-12-20(30)13-11-18)27-24(31)17(2)33-15-22-28-25(32)23-21(14-34-26(23)29-22)19-6-4-3-5-7-19/h3-7,10-14,16-17,30H,8-9,15H2,1-2H3,(H,27,31)(H,28,29,32)/t16-,17+/m1/s1. The molecule has 0 radical (unpaired) electrons. The molecule has 0 aliphatic rings. The number of hydrogen-bond donors (Lipinski definition) is 3. The molecule has 0 bridgehead atoms. The van der Waals surface area contributed by atoms with Crippen molar-refractivity contribution < 1.29 is 9.90 Å². The zero-order chi connectivity index (χ0) is 24.1. The number of phenols is 1.